The first-order valence-electron chi connectivity index (χ1n) is 6.58. The highest BCUT2D eigenvalue weighted by Crippen LogP contribution is 2.15. The molecule has 1 unspecified atom stereocenters. The summed E-state index contributed by atoms with van der Waals surface area (Å²) < 4.78 is 0. The minimum Gasteiger partial charge on any atom is -0.479 e. The van der Waals surface area contributed by atoms with Crippen molar-refractivity contribution in [1.29, 1.82) is 0 Å². The number of aliphatic carboxylic acids is 1. The van der Waals surface area contributed by atoms with Crippen LogP contribution in [-0.4, -0.2) is 52.9 Å². The van der Waals surface area contributed by atoms with Gasteiger partial charge in [-0.1, -0.05) is 24.3 Å². The van der Waals surface area contributed by atoms with Crippen molar-refractivity contribution in [3.05, 3.63) is 35.4 Å². The second-order valence-corrected chi connectivity index (χ2v) is 4.80. The highest BCUT2D eigenvalue weighted by Gasteiger charge is 2.20. The molecule has 0 radical (unpaired) electrons. The highest BCUT2D eigenvalue weighted by atomic mass is 16.4. The molecule has 0 spiro atoms. The van der Waals surface area contributed by atoms with Crippen molar-refractivity contribution in [3.63, 3.8) is 0 Å². The van der Waals surface area contributed by atoms with Crippen LogP contribution in [0, 0.1) is 0 Å². The van der Waals surface area contributed by atoms with E-state index in [0.29, 0.717) is 13.1 Å². The summed E-state index contributed by atoms with van der Waals surface area (Å²) in [7, 11) is 0. The topological polar surface area (TPSA) is 89.9 Å². The summed E-state index contributed by atoms with van der Waals surface area (Å²) >= 11 is 0. The van der Waals surface area contributed by atoms with Gasteiger partial charge in [0.2, 0.25) is 0 Å². The summed E-state index contributed by atoms with van der Waals surface area (Å²) in [6.45, 7) is 0.898. The van der Waals surface area contributed by atoms with Gasteiger partial charge < -0.3 is 20.4 Å². The molecule has 0 bridgehead atoms. The second-order valence-electron chi connectivity index (χ2n) is 4.80. The van der Waals surface area contributed by atoms with Crippen LogP contribution < -0.4 is 5.32 Å². The molecule has 2 amide bonds. The van der Waals surface area contributed by atoms with Crippen LogP contribution in [0.1, 0.15) is 11.1 Å². The van der Waals surface area contributed by atoms with Gasteiger partial charge >= 0.3 is 12.0 Å². The summed E-state index contributed by atoms with van der Waals surface area (Å²) in [4.78, 5) is 24.1. The number of fused-ring (bicyclic) bond motifs is 1. The fourth-order valence-corrected chi connectivity index (χ4v) is 2.25. The molecule has 6 nitrogen and oxygen atoms in total. The van der Waals surface area contributed by atoms with Gasteiger partial charge in [-0.25, -0.2) is 9.59 Å². The lowest BCUT2D eigenvalue weighted by atomic mass is 10.0. The van der Waals surface area contributed by atoms with E-state index in [1.807, 2.05) is 12.1 Å². The van der Waals surface area contributed by atoms with Gasteiger partial charge in [-0.15, -0.1) is 0 Å². The smallest absolute Gasteiger partial charge is 0.334 e. The minimum atomic E-state index is -1.57. The van der Waals surface area contributed by atoms with Gasteiger partial charge in [0.1, 0.15) is 0 Å². The lowest BCUT2D eigenvalue weighted by molar-refractivity contribution is -0.146. The number of carbonyl (C=O) groups excluding carboxylic acids is 1. The minimum absolute atomic E-state index is 0.280. The van der Waals surface area contributed by atoms with Crippen molar-refractivity contribution in [2.75, 3.05) is 19.6 Å². The number of amides is 2. The highest BCUT2D eigenvalue weighted by molar-refractivity contribution is 5.76. The average molecular weight is 278 g/mol. The Morgan fingerprint density at radius 1 is 1.20 bits per heavy atom. The molecule has 1 aromatic carbocycles. The number of hydrogen-bond acceptors (Lipinski definition) is 3. The maximum atomic E-state index is 11.9. The zero-order valence-corrected chi connectivity index (χ0v) is 11.1. The zero-order valence-electron chi connectivity index (χ0n) is 11.1. The lowest BCUT2D eigenvalue weighted by Gasteiger charge is -2.21. The molecule has 2 rings (SSSR count). The van der Waals surface area contributed by atoms with Crippen LogP contribution in [0.2, 0.25) is 0 Å². The Kier molecular flexibility index (Phi) is 4.57. The van der Waals surface area contributed by atoms with Crippen molar-refractivity contribution >= 4 is 12.0 Å². The van der Waals surface area contributed by atoms with E-state index in [9.17, 15) is 9.59 Å². The molecular weight excluding hydrogens is 260 g/mol. The fraction of sp³-hybridized carbons (Fsp3) is 0.429. The molecule has 0 saturated heterocycles. The molecule has 6 heteroatoms. The Morgan fingerprint density at radius 3 is 2.25 bits per heavy atom. The van der Waals surface area contributed by atoms with Crippen molar-refractivity contribution in [1.82, 2.24) is 10.2 Å². The molecule has 0 aliphatic carbocycles. The lowest BCUT2D eigenvalue weighted by Crippen LogP contribution is -2.45. The number of carboxylic acids is 1. The summed E-state index contributed by atoms with van der Waals surface area (Å²) in [5, 5.41) is 20.1. The molecule has 1 heterocycles. The van der Waals surface area contributed by atoms with E-state index in [1.165, 1.54) is 11.1 Å². The quantitative estimate of drug-likeness (QED) is 0.739. The first-order valence-corrected chi connectivity index (χ1v) is 6.58. The number of nitrogens with one attached hydrogen (secondary N) is 1. The van der Waals surface area contributed by atoms with Crippen LogP contribution >= 0.6 is 0 Å². The number of benzene rings is 1. The first kappa shape index (κ1) is 14.3. The van der Waals surface area contributed by atoms with E-state index in [2.05, 4.69) is 17.4 Å². The Balaban J connectivity index is 1.89. The zero-order chi connectivity index (χ0) is 14.5. The molecule has 1 aromatic rings. The Morgan fingerprint density at radius 2 is 1.75 bits per heavy atom. The number of carboxylic acid groups (broad SMARTS) is 1. The fourth-order valence-electron chi connectivity index (χ4n) is 2.25. The maximum Gasteiger partial charge on any atom is 0.334 e. The van der Waals surface area contributed by atoms with Gasteiger partial charge in [0.15, 0.2) is 6.10 Å². The normalized spacial score (nSPS) is 15.9. The standard InChI is InChI=1S/C14H18N2O4/c17-12(13(18)19)9-15-14(20)16-7-5-10-3-1-2-4-11(10)6-8-16/h1-4,12,17H,5-9H2,(H,15,20)(H,18,19). The summed E-state index contributed by atoms with van der Waals surface area (Å²) in [6.07, 6.45) is -0.000921. The number of urea groups is 1. The molecule has 1 atom stereocenters. The molecule has 20 heavy (non-hydrogen) atoms. The predicted molar refractivity (Wildman–Crippen MR) is 72.5 cm³/mol. The third kappa shape index (κ3) is 3.48. The molecule has 0 fully saturated rings. The Labute approximate surface area is 117 Å². The molecule has 0 saturated carbocycles. The predicted octanol–water partition coefficient (Wildman–Crippen LogP) is 0.242. The van der Waals surface area contributed by atoms with Crippen LogP contribution in [0.5, 0.6) is 0 Å². The number of nitrogens with zero attached hydrogens (tertiary/aromatic N) is 1. The number of carbonyl (C=O) groups is 2. The van der Waals surface area contributed by atoms with Gasteiger partial charge in [0.05, 0.1) is 6.54 Å². The van der Waals surface area contributed by atoms with Gasteiger partial charge in [-0.3, -0.25) is 0 Å². The van der Waals surface area contributed by atoms with Gasteiger partial charge in [0.25, 0.3) is 0 Å². The molecular formula is C14H18N2O4. The summed E-state index contributed by atoms with van der Waals surface area (Å²) in [6, 6.07) is 7.75. The molecule has 3 N–H and O–H groups in total. The molecule has 1 aliphatic heterocycles. The van der Waals surface area contributed by atoms with E-state index < -0.39 is 12.1 Å². The van der Waals surface area contributed by atoms with Crippen LogP contribution in [0.3, 0.4) is 0 Å². The largest absolute Gasteiger partial charge is 0.479 e. The third-order valence-electron chi connectivity index (χ3n) is 3.44. The van der Waals surface area contributed by atoms with Crippen LogP contribution in [0.4, 0.5) is 4.79 Å². The Bertz CT molecular complexity index is 477. The van der Waals surface area contributed by atoms with Crippen molar-refractivity contribution < 1.29 is 19.8 Å². The average Bonchev–Trinajstić information content (AvgIpc) is 2.66. The van der Waals surface area contributed by atoms with Crippen molar-refractivity contribution in [3.8, 4) is 0 Å². The summed E-state index contributed by atoms with van der Waals surface area (Å²) in [5.74, 6) is -1.34. The number of rotatable bonds is 3. The monoisotopic (exact) mass is 278 g/mol. The number of aliphatic hydroxyl groups is 1. The van der Waals surface area contributed by atoms with Crippen LogP contribution in [0.15, 0.2) is 24.3 Å². The van der Waals surface area contributed by atoms with E-state index in [-0.39, 0.29) is 12.6 Å². The third-order valence-corrected chi connectivity index (χ3v) is 3.44. The van der Waals surface area contributed by atoms with E-state index >= 15 is 0 Å². The van der Waals surface area contributed by atoms with Gasteiger partial charge in [-0.2, -0.15) is 0 Å². The molecule has 0 aromatic heterocycles. The van der Waals surface area contributed by atoms with E-state index in [4.69, 9.17) is 10.2 Å². The summed E-state index contributed by atoms with van der Waals surface area (Å²) in [5.41, 5.74) is 2.49. The van der Waals surface area contributed by atoms with Crippen LogP contribution in [0.25, 0.3) is 0 Å². The number of hydrogen-bond donors (Lipinski definition) is 3. The Hall–Kier alpha value is -2.08. The first-order chi connectivity index (χ1) is 9.58. The van der Waals surface area contributed by atoms with E-state index in [0.717, 1.165) is 12.8 Å². The van der Waals surface area contributed by atoms with Gasteiger partial charge in [-0.05, 0) is 24.0 Å². The van der Waals surface area contributed by atoms with Crippen molar-refractivity contribution in [2.24, 2.45) is 0 Å². The van der Waals surface area contributed by atoms with Crippen molar-refractivity contribution in [2.45, 2.75) is 18.9 Å². The van der Waals surface area contributed by atoms with Gasteiger partial charge in [0, 0.05) is 13.1 Å². The molecule has 108 valence electrons. The van der Waals surface area contributed by atoms with E-state index in [1.54, 1.807) is 4.90 Å². The second kappa shape index (κ2) is 6.38. The molecule has 1 aliphatic rings. The maximum absolute atomic E-state index is 11.9. The number of aliphatic hydroxyl groups excluding tert-OH is 1. The SMILES string of the molecule is O=C(O)C(O)CNC(=O)N1CCc2ccccc2CC1. The van der Waals surface area contributed by atoms with Crippen LogP contribution in [-0.2, 0) is 17.6 Å².